The zero-order chi connectivity index (χ0) is 11.1. The standard InChI is InChI=1S/C10H9BrF2OS/c11-7-1-6-15-8(7)9(14)2-4-10(12,13)5-3-9/h1-2,4,6,14H,3,5H2. The Hall–Kier alpha value is -0.260. The Labute approximate surface area is 98.6 Å². The Morgan fingerprint density at radius 3 is 2.53 bits per heavy atom. The van der Waals surface area contributed by atoms with Gasteiger partial charge in [0.05, 0.1) is 4.88 Å². The van der Waals surface area contributed by atoms with Crippen molar-refractivity contribution >= 4 is 27.3 Å². The summed E-state index contributed by atoms with van der Waals surface area (Å²) in [6.07, 6.45) is 1.73. The van der Waals surface area contributed by atoms with Gasteiger partial charge in [0.15, 0.2) is 0 Å². The first-order valence-corrected chi connectivity index (χ1v) is 6.14. The lowest BCUT2D eigenvalue weighted by Gasteiger charge is -2.30. The van der Waals surface area contributed by atoms with Crippen molar-refractivity contribution in [3.63, 3.8) is 0 Å². The van der Waals surface area contributed by atoms with Crippen molar-refractivity contribution in [3.05, 3.63) is 32.9 Å². The van der Waals surface area contributed by atoms with Crippen molar-refractivity contribution in [1.29, 1.82) is 0 Å². The van der Waals surface area contributed by atoms with Crippen molar-refractivity contribution in [3.8, 4) is 0 Å². The highest BCUT2D eigenvalue weighted by Crippen LogP contribution is 2.43. The maximum absolute atomic E-state index is 12.9. The molecule has 2 rings (SSSR count). The SMILES string of the molecule is OC1(c2sccc2Br)C=CC(F)(F)CC1. The van der Waals surface area contributed by atoms with Gasteiger partial charge < -0.3 is 5.11 Å². The lowest BCUT2D eigenvalue weighted by molar-refractivity contribution is -0.0125. The third-order valence-electron chi connectivity index (χ3n) is 2.45. The molecule has 82 valence electrons. The fraction of sp³-hybridized carbons (Fsp3) is 0.400. The molecule has 0 amide bonds. The van der Waals surface area contributed by atoms with Crippen LogP contribution in [0.3, 0.4) is 0 Å². The van der Waals surface area contributed by atoms with Crippen LogP contribution in [-0.4, -0.2) is 11.0 Å². The lowest BCUT2D eigenvalue weighted by Crippen LogP contribution is -2.31. The number of hydrogen-bond donors (Lipinski definition) is 1. The average Bonchev–Trinajstić information content (AvgIpc) is 2.58. The van der Waals surface area contributed by atoms with E-state index in [-0.39, 0.29) is 12.8 Å². The number of rotatable bonds is 1. The second kappa shape index (κ2) is 3.64. The molecule has 1 atom stereocenters. The number of hydrogen-bond acceptors (Lipinski definition) is 2. The normalized spacial score (nSPS) is 29.3. The summed E-state index contributed by atoms with van der Waals surface area (Å²) < 4.78 is 26.5. The largest absolute Gasteiger partial charge is 0.380 e. The minimum Gasteiger partial charge on any atom is -0.380 e. The molecule has 1 nitrogen and oxygen atoms in total. The topological polar surface area (TPSA) is 20.2 Å². The fourth-order valence-corrected chi connectivity index (χ4v) is 3.40. The number of thiophene rings is 1. The van der Waals surface area contributed by atoms with Gasteiger partial charge in [0.1, 0.15) is 5.60 Å². The maximum atomic E-state index is 12.9. The second-order valence-corrected chi connectivity index (χ2v) is 5.39. The summed E-state index contributed by atoms with van der Waals surface area (Å²) in [4.78, 5) is 0.689. The summed E-state index contributed by atoms with van der Waals surface area (Å²) in [7, 11) is 0. The van der Waals surface area contributed by atoms with E-state index < -0.39 is 11.5 Å². The molecule has 0 radical (unpaired) electrons. The van der Waals surface area contributed by atoms with Gasteiger partial charge in [-0.15, -0.1) is 11.3 Å². The van der Waals surface area contributed by atoms with Gasteiger partial charge in [-0.05, 0) is 45.9 Å². The Morgan fingerprint density at radius 2 is 2.07 bits per heavy atom. The zero-order valence-electron chi connectivity index (χ0n) is 7.71. The van der Waals surface area contributed by atoms with Crippen LogP contribution in [0.15, 0.2) is 28.1 Å². The van der Waals surface area contributed by atoms with E-state index in [2.05, 4.69) is 15.9 Å². The number of allylic oxidation sites excluding steroid dienone is 1. The van der Waals surface area contributed by atoms with Crippen LogP contribution < -0.4 is 0 Å². The third kappa shape index (κ3) is 2.14. The molecule has 1 unspecified atom stereocenters. The van der Waals surface area contributed by atoms with Gasteiger partial charge in [0.25, 0.3) is 5.92 Å². The molecule has 1 aromatic heterocycles. The number of halogens is 3. The van der Waals surface area contributed by atoms with Crippen molar-refractivity contribution < 1.29 is 13.9 Å². The summed E-state index contributed by atoms with van der Waals surface area (Å²) in [5.74, 6) is -2.78. The van der Waals surface area contributed by atoms with Crippen molar-refractivity contribution in [1.82, 2.24) is 0 Å². The zero-order valence-corrected chi connectivity index (χ0v) is 10.1. The molecule has 1 aromatic rings. The predicted octanol–water partition coefficient (Wildman–Crippen LogP) is 3.68. The Kier molecular flexibility index (Phi) is 2.73. The van der Waals surface area contributed by atoms with E-state index in [4.69, 9.17) is 0 Å². The molecule has 0 bridgehead atoms. The highest BCUT2D eigenvalue weighted by atomic mass is 79.9. The Balaban J connectivity index is 2.35. The molecule has 1 heterocycles. The Bertz CT molecular complexity index is 402. The number of alkyl halides is 2. The molecule has 0 aromatic carbocycles. The van der Waals surface area contributed by atoms with Gasteiger partial charge in [-0.3, -0.25) is 0 Å². The van der Waals surface area contributed by atoms with Gasteiger partial charge >= 0.3 is 0 Å². The van der Waals surface area contributed by atoms with E-state index in [1.807, 2.05) is 5.38 Å². The molecule has 0 saturated heterocycles. The van der Waals surface area contributed by atoms with Crippen LogP contribution in [-0.2, 0) is 5.60 Å². The molecule has 0 fully saturated rings. The van der Waals surface area contributed by atoms with Gasteiger partial charge in [-0.25, -0.2) is 8.78 Å². The molecule has 0 aliphatic heterocycles. The van der Waals surface area contributed by atoms with Crippen LogP contribution in [0.1, 0.15) is 17.7 Å². The van der Waals surface area contributed by atoms with Crippen LogP contribution in [0.5, 0.6) is 0 Å². The molecule has 15 heavy (non-hydrogen) atoms. The van der Waals surface area contributed by atoms with E-state index in [1.54, 1.807) is 6.07 Å². The van der Waals surface area contributed by atoms with Gasteiger partial charge in [0, 0.05) is 10.9 Å². The monoisotopic (exact) mass is 294 g/mol. The molecule has 1 aliphatic carbocycles. The summed E-state index contributed by atoms with van der Waals surface area (Å²) >= 11 is 4.66. The molecular formula is C10H9BrF2OS. The van der Waals surface area contributed by atoms with Crippen molar-refractivity contribution in [2.24, 2.45) is 0 Å². The third-order valence-corrected chi connectivity index (χ3v) is 4.46. The molecule has 1 N–H and O–H groups in total. The summed E-state index contributed by atoms with van der Waals surface area (Å²) in [5.41, 5.74) is -1.24. The molecule has 5 heteroatoms. The first-order valence-electron chi connectivity index (χ1n) is 4.47. The number of aliphatic hydroxyl groups is 1. The van der Waals surface area contributed by atoms with Crippen molar-refractivity contribution in [2.75, 3.05) is 0 Å². The minimum atomic E-state index is -2.78. The quantitative estimate of drug-likeness (QED) is 0.784. The average molecular weight is 295 g/mol. The van der Waals surface area contributed by atoms with Crippen LogP contribution in [0.4, 0.5) is 8.78 Å². The fourth-order valence-electron chi connectivity index (χ4n) is 1.58. The molecule has 0 saturated carbocycles. The van der Waals surface area contributed by atoms with E-state index in [0.717, 1.165) is 10.5 Å². The molecule has 1 aliphatic rings. The molecule has 0 spiro atoms. The van der Waals surface area contributed by atoms with Crippen LogP contribution >= 0.6 is 27.3 Å². The van der Waals surface area contributed by atoms with E-state index in [1.165, 1.54) is 17.4 Å². The summed E-state index contributed by atoms with van der Waals surface area (Å²) in [5, 5.41) is 12.0. The van der Waals surface area contributed by atoms with E-state index in [9.17, 15) is 13.9 Å². The second-order valence-electron chi connectivity index (χ2n) is 3.62. The smallest absolute Gasteiger partial charge is 0.266 e. The van der Waals surface area contributed by atoms with Crippen LogP contribution in [0.2, 0.25) is 0 Å². The summed E-state index contributed by atoms with van der Waals surface area (Å²) in [6, 6.07) is 1.80. The van der Waals surface area contributed by atoms with Crippen LogP contribution in [0, 0.1) is 0 Å². The highest BCUT2D eigenvalue weighted by Gasteiger charge is 2.39. The van der Waals surface area contributed by atoms with E-state index >= 15 is 0 Å². The van der Waals surface area contributed by atoms with Gasteiger partial charge in [-0.1, -0.05) is 0 Å². The first-order chi connectivity index (χ1) is 6.93. The van der Waals surface area contributed by atoms with Gasteiger partial charge in [-0.2, -0.15) is 0 Å². The maximum Gasteiger partial charge on any atom is 0.266 e. The van der Waals surface area contributed by atoms with Crippen molar-refractivity contribution in [2.45, 2.75) is 24.4 Å². The molecular weight excluding hydrogens is 286 g/mol. The lowest BCUT2D eigenvalue weighted by atomic mass is 9.88. The van der Waals surface area contributed by atoms with Gasteiger partial charge in [0.2, 0.25) is 0 Å². The first kappa shape index (κ1) is 11.2. The minimum absolute atomic E-state index is 0.0512. The summed E-state index contributed by atoms with van der Waals surface area (Å²) in [6.45, 7) is 0. The highest BCUT2D eigenvalue weighted by molar-refractivity contribution is 9.10. The predicted molar refractivity (Wildman–Crippen MR) is 59.2 cm³/mol. The van der Waals surface area contributed by atoms with E-state index in [0.29, 0.717) is 4.88 Å². The van der Waals surface area contributed by atoms with Crippen LogP contribution in [0.25, 0.3) is 0 Å². The Morgan fingerprint density at radius 1 is 1.33 bits per heavy atom.